The number of nitrogens with two attached hydrogens (primary N) is 1. The van der Waals surface area contributed by atoms with Crippen molar-refractivity contribution < 1.29 is 9.59 Å². The molecule has 0 aromatic carbocycles. The Morgan fingerprint density at radius 3 is 2.54 bits per heavy atom. The van der Waals surface area contributed by atoms with Gasteiger partial charge in [0.1, 0.15) is 5.82 Å². The number of pyridine rings is 1. The topological polar surface area (TPSA) is 100 Å². The van der Waals surface area contributed by atoms with E-state index in [0.717, 1.165) is 6.54 Å². The molecule has 0 bridgehead atoms. The maximum absolute atomic E-state index is 12.1. The summed E-state index contributed by atoms with van der Waals surface area (Å²) in [5, 5.41) is 5.53. The van der Waals surface area contributed by atoms with Gasteiger partial charge in [-0.25, -0.2) is 4.98 Å². The Bertz CT molecular complexity index is 560. The van der Waals surface area contributed by atoms with E-state index in [-0.39, 0.29) is 42.0 Å². The maximum atomic E-state index is 12.1. The van der Waals surface area contributed by atoms with Crippen molar-refractivity contribution in [1.82, 2.24) is 10.3 Å². The highest BCUT2D eigenvalue weighted by Gasteiger charge is 2.27. The number of anilines is 2. The predicted octanol–water partition coefficient (Wildman–Crippen LogP) is 1.17. The fraction of sp³-hybridized carbons (Fsp3) is 0.533. The number of halogens is 2. The Hall–Kier alpha value is -1.57. The van der Waals surface area contributed by atoms with Crippen LogP contribution in [0.2, 0.25) is 0 Å². The third-order valence-electron chi connectivity index (χ3n) is 3.59. The molecule has 24 heavy (non-hydrogen) atoms. The lowest BCUT2D eigenvalue weighted by Crippen LogP contribution is -2.48. The van der Waals surface area contributed by atoms with Crippen LogP contribution in [0.1, 0.15) is 20.8 Å². The molecule has 1 aliphatic heterocycles. The molecule has 0 spiro atoms. The number of carbonyl (C=O) groups is 2. The van der Waals surface area contributed by atoms with Gasteiger partial charge in [-0.1, -0.05) is 20.8 Å². The molecular weight excluding hydrogens is 353 g/mol. The fourth-order valence-electron chi connectivity index (χ4n) is 2.09. The number of piperazine rings is 1. The molecule has 0 unspecified atom stereocenters. The number of rotatable bonds is 3. The minimum absolute atomic E-state index is 0. The Kier molecular flexibility index (Phi) is 8.46. The molecule has 1 aliphatic rings. The SMILES string of the molecule is CC(C)(C)[C@H](N)C(=O)Nc1ccc(N2CCNC(=O)C2)nc1.Cl.Cl. The van der Waals surface area contributed by atoms with E-state index in [4.69, 9.17) is 5.73 Å². The summed E-state index contributed by atoms with van der Waals surface area (Å²) < 4.78 is 0. The van der Waals surface area contributed by atoms with Crippen molar-refractivity contribution in [2.24, 2.45) is 11.1 Å². The standard InChI is InChI=1S/C15H23N5O2.2ClH/c1-15(2,3)13(16)14(22)19-10-4-5-11(18-8-10)20-7-6-17-12(21)9-20;;/h4-5,8,13H,6-7,9,16H2,1-3H3,(H,17,21)(H,19,22);2*1H/t13-;;/m1../s1. The van der Waals surface area contributed by atoms with Crippen molar-refractivity contribution in [1.29, 1.82) is 0 Å². The second kappa shape index (κ2) is 9.05. The average molecular weight is 378 g/mol. The lowest BCUT2D eigenvalue weighted by atomic mass is 9.87. The van der Waals surface area contributed by atoms with Crippen LogP contribution in [0.25, 0.3) is 0 Å². The molecule has 0 saturated carbocycles. The van der Waals surface area contributed by atoms with E-state index in [0.29, 0.717) is 24.6 Å². The minimum atomic E-state index is -0.599. The van der Waals surface area contributed by atoms with Gasteiger partial charge in [-0.2, -0.15) is 0 Å². The van der Waals surface area contributed by atoms with Gasteiger partial charge in [0, 0.05) is 13.1 Å². The van der Waals surface area contributed by atoms with Crippen molar-refractivity contribution in [3.8, 4) is 0 Å². The normalized spacial score (nSPS) is 15.5. The second-order valence-corrected chi connectivity index (χ2v) is 6.51. The lowest BCUT2D eigenvalue weighted by molar-refractivity contribution is -0.120. The number of nitrogens with zero attached hydrogens (tertiary/aromatic N) is 2. The minimum Gasteiger partial charge on any atom is -0.353 e. The first-order chi connectivity index (χ1) is 10.3. The third kappa shape index (κ3) is 5.81. The zero-order valence-corrected chi connectivity index (χ0v) is 15.7. The van der Waals surface area contributed by atoms with Gasteiger partial charge in [0.05, 0.1) is 24.5 Å². The highest BCUT2D eigenvalue weighted by atomic mass is 35.5. The van der Waals surface area contributed by atoms with Gasteiger partial charge in [-0.15, -0.1) is 24.8 Å². The summed E-state index contributed by atoms with van der Waals surface area (Å²) in [6.45, 7) is 7.38. The molecule has 0 aliphatic carbocycles. The van der Waals surface area contributed by atoms with E-state index in [1.807, 2.05) is 25.7 Å². The van der Waals surface area contributed by atoms with Crippen LogP contribution in [-0.2, 0) is 9.59 Å². The van der Waals surface area contributed by atoms with E-state index < -0.39 is 6.04 Å². The summed E-state index contributed by atoms with van der Waals surface area (Å²) in [4.78, 5) is 29.6. The molecule has 2 rings (SSSR count). The molecule has 0 radical (unpaired) electrons. The molecule has 1 aromatic rings. The van der Waals surface area contributed by atoms with Crippen molar-refractivity contribution in [2.75, 3.05) is 29.9 Å². The van der Waals surface area contributed by atoms with Gasteiger partial charge in [0.25, 0.3) is 0 Å². The second-order valence-electron chi connectivity index (χ2n) is 6.51. The Morgan fingerprint density at radius 1 is 1.38 bits per heavy atom. The number of hydrogen-bond donors (Lipinski definition) is 3. The van der Waals surface area contributed by atoms with Crippen LogP contribution in [0.5, 0.6) is 0 Å². The van der Waals surface area contributed by atoms with Crippen molar-refractivity contribution >= 4 is 48.1 Å². The fourth-order valence-corrected chi connectivity index (χ4v) is 2.09. The Morgan fingerprint density at radius 2 is 2.04 bits per heavy atom. The summed E-state index contributed by atoms with van der Waals surface area (Å²) in [6, 6.07) is 2.96. The van der Waals surface area contributed by atoms with Gasteiger partial charge in [0.2, 0.25) is 11.8 Å². The summed E-state index contributed by atoms with van der Waals surface area (Å²) >= 11 is 0. The maximum Gasteiger partial charge on any atom is 0.241 e. The molecule has 1 fully saturated rings. The molecule has 1 aromatic heterocycles. The number of hydrogen-bond acceptors (Lipinski definition) is 5. The number of carbonyl (C=O) groups excluding carboxylic acids is 2. The zero-order valence-electron chi connectivity index (χ0n) is 14.0. The monoisotopic (exact) mass is 377 g/mol. The quantitative estimate of drug-likeness (QED) is 0.733. The lowest BCUT2D eigenvalue weighted by Gasteiger charge is -2.28. The summed E-state index contributed by atoms with van der Waals surface area (Å²) in [6.07, 6.45) is 1.58. The molecule has 4 N–H and O–H groups in total. The van der Waals surface area contributed by atoms with Crippen LogP contribution in [0.15, 0.2) is 18.3 Å². The first-order valence-corrected chi connectivity index (χ1v) is 7.31. The smallest absolute Gasteiger partial charge is 0.241 e. The van der Waals surface area contributed by atoms with Crippen LogP contribution in [0.4, 0.5) is 11.5 Å². The third-order valence-corrected chi connectivity index (χ3v) is 3.59. The van der Waals surface area contributed by atoms with E-state index >= 15 is 0 Å². The van der Waals surface area contributed by atoms with Crippen molar-refractivity contribution in [2.45, 2.75) is 26.8 Å². The van der Waals surface area contributed by atoms with E-state index in [9.17, 15) is 9.59 Å². The number of nitrogens with one attached hydrogen (secondary N) is 2. The molecule has 2 amide bonds. The zero-order chi connectivity index (χ0) is 16.3. The molecule has 7 nitrogen and oxygen atoms in total. The molecule has 2 heterocycles. The summed E-state index contributed by atoms with van der Waals surface area (Å²) in [5.41, 5.74) is 6.20. The van der Waals surface area contributed by atoms with Crippen molar-refractivity contribution in [3.05, 3.63) is 18.3 Å². The van der Waals surface area contributed by atoms with Gasteiger partial charge < -0.3 is 21.3 Å². The number of amides is 2. The molecule has 136 valence electrons. The Labute approximate surface area is 154 Å². The molecular formula is C15H25Cl2N5O2. The largest absolute Gasteiger partial charge is 0.353 e. The van der Waals surface area contributed by atoms with Crippen LogP contribution >= 0.6 is 24.8 Å². The van der Waals surface area contributed by atoms with Crippen LogP contribution in [0.3, 0.4) is 0 Å². The van der Waals surface area contributed by atoms with Crippen LogP contribution in [-0.4, -0.2) is 42.5 Å². The van der Waals surface area contributed by atoms with E-state index in [1.165, 1.54) is 0 Å². The molecule has 9 heteroatoms. The summed E-state index contributed by atoms with van der Waals surface area (Å²) in [7, 11) is 0. The first-order valence-electron chi connectivity index (χ1n) is 7.31. The van der Waals surface area contributed by atoms with Gasteiger partial charge in [0.15, 0.2) is 0 Å². The van der Waals surface area contributed by atoms with Crippen LogP contribution in [0, 0.1) is 5.41 Å². The highest BCUT2D eigenvalue weighted by Crippen LogP contribution is 2.20. The van der Waals surface area contributed by atoms with E-state index in [1.54, 1.807) is 18.3 Å². The van der Waals surface area contributed by atoms with E-state index in [2.05, 4.69) is 15.6 Å². The van der Waals surface area contributed by atoms with Crippen molar-refractivity contribution in [3.63, 3.8) is 0 Å². The first kappa shape index (κ1) is 22.4. The highest BCUT2D eigenvalue weighted by molar-refractivity contribution is 5.95. The Balaban J connectivity index is 0.00000264. The number of aromatic nitrogens is 1. The van der Waals surface area contributed by atoms with Gasteiger partial charge in [-0.05, 0) is 17.5 Å². The average Bonchev–Trinajstić information content (AvgIpc) is 2.46. The van der Waals surface area contributed by atoms with Gasteiger partial charge >= 0.3 is 0 Å². The molecule has 1 saturated heterocycles. The van der Waals surface area contributed by atoms with Crippen LogP contribution < -0.4 is 21.3 Å². The molecule has 1 atom stereocenters. The van der Waals surface area contributed by atoms with Gasteiger partial charge in [-0.3, -0.25) is 9.59 Å². The summed E-state index contributed by atoms with van der Waals surface area (Å²) in [5.74, 6) is 0.467. The predicted molar refractivity (Wildman–Crippen MR) is 100 cm³/mol.